The number of hydrogen-bond donors (Lipinski definition) is 2. The van der Waals surface area contributed by atoms with Crippen molar-refractivity contribution in [1.29, 1.82) is 0 Å². The minimum atomic E-state index is -0.000747. The summed E-state index contributed by atoms with van der Waals surface area (Å²) >= 11 is 0. The molecule has 3 aromatic carbocycles. The number of carbonyl (C=O) groups is 1. The van der Waals surface area contributed by atoms with Crippen molar-refractivity contribution in [3.8, 4) is 22.6 Å². The number of carbonyl (C=O) groups excluding carboxylic acids is 1. The lowest BCUT2D eigenvalue weighted by molar-refractivity contribution is 0.0827. The number of likely N-dealkylation sites (tertiary alicyclic amines) is 1. The molecule has 7 heteroatoms. The van der Waals surface area contributed by atoms with Gasteiger partial charge in [0, 0.05) is 43.9 Å². The zero-order valence-corrected chi connectivity index (χ0v) is 20.6. The van der Waals surface area contributed by atoms with Crippen LogP contribution in [0.15, 0.2) is 60.7 Å². The third-order valence-electron chi connectivity index (χ3n) is 7.67. The number of anilines is 1. The van der Waals surface area contributed by atoms with Crippen LogP contribution >= 0.6 is 0 Å². The Morgan fingerprint density at radius 2 is 1.81 bits per heavy atom. The molecule has 36 heavy (non-hydrogen) atoms. The number of nitrogens with one attached hydrogen (secondary N) is 1. The van der Waals surface area contributed by atoms with Gasteiger partial charge >= 0.3 is 0 Å². The summed E-state index contributed by atoms with van der Waals surface area (Å²) in [6.45, 7) is 2.16. The van der Waals surface area contributed by atoms with Gasteiger partial charge in [-0.3, -0.25) is 9.69 Å². The van der Waals surface area contributed by atoms with E-state index in [4.69, 9.17) is 9.47 Å². The number of rotatable bonds is 5. The SMILES string of the molecule is CN(C)C(=O)c1ccc(-c2ccc3c(c2)[C@H]2[C@H](CCN2Cc2ccc4c(c2)OCO4)[C@@H](CO)N3)cc1. The van der Waals surface area contributed by atoms with Crippen LogP contribution in [-0.4, -0.2) is 60.9 Å². The first kappa shape index (κ1) is 22.9. The summed E-state index contributed by atoms with van der Waals surface area (Å²) in [5.74, 6) is 1.93. The van der Waals surface area contributed by atoms with Gasteiger partial charge in [-0.2, -0.15) is 0 Å². The fourth-order valence-corrected chi connectivity index (χ4v) is 5.85. The van der Waals surface area contributed by atoms with Crippen LogP contribution in [0.2, 0.25) is 0 Å². The molecule has 3 heterocycles. The number of nitrogens with zero attached hydrogens (tertiary/aromatic N) is 2. The highest BCUT2D eigenvalue weighted by molar-refractivity contribution is 5.94. The summed E-state index contributed by atoms with van der Waals surface area (Å²) in [5.41, 5.74) is 6.41. The highest BCUT2D eigenvalue weighted by atomic mass is 16.7. The zero-order valence-electron chi connectivity index (χ0n) is 20.6. The summed E-state index contributed by atoms with van der Waals surface area (Å²) in [6.07, 6.45) is 1.03. The lowest BCUT2D eigenvalue weighted by Crippen LogP contribution is -2.41. The molecule has 3 aliphatic rings. The van der Waals surface area contributed by atoms with E-state index in [1.165, 1.54) is 11.1 Å². The molecule has 0 aliphatic carbocycles. The van der Waals surface area contributed by atoms with Crippen molar-refractivity contribution in [1.82, 2.24) is 9.80 Å². The first-order chi connectivity index (χ1) is 17.5. The van der Waals surface area contributed by atoms with Crippen molar-refractivity contribution in [2.75, 3.05) is 39.4 Å². The van der Waals surface area contributed by atoms with Crippen molar-refractivity contribution >= 4 is 11.6 Å². The summed E-state index contributed by atoms with van der Waals surface area (Å²) < 4.78 is 11.1. The molecule has 186 valence electrons. The Morgan fingerprint density at radius 1 is 1.03 bits per heavy atom. The molecular weight excluding hydrogens is 454 g/mol. The summed E-state index contributed by atoms with van der Waals surface area (Å²) in [6, 6.07) is 20.7. The molecule has 1 saturated heterocycles. The van der Waals surface area contributed by atoms with Gasteiger partial charge in [0.15, 0.2) is 11.5 Å². The van der Waals surface area contributed by atoms with E-state index in [1.54, 1.807) is 19.0 Å². The van der Waals surface area contributed by atoms with Crippen LogP contribution in [0.5, 0.6) is 11.5 Å². The molecule has 0 spiro atoms. The minimum Gasteiger partial charge on any atom is -0.454 e. The van der Waals surface area contributed by atoms with Crippen molar-refractivity contribution in [3.63, 3.8) is 0 Å². The van der Waals surface area contributed by atoms with Gasteiger partial charge in [0.1, 0.15) is 0 Å². The van der Waals surface area contributed by atoms with Crippen LogP contribution in [0.4, 0.5) is 5.69 Å². The first-order valence-electron chi connectivity index (χ1n) is 12.5. The van der Waals surface area contributed by atoms with Crippen molar-refractivity contribution in [2.24, 2.45) is 5.92 Å². The van der Waals surface area contributed by atoms with Gasteiger partial charge in [-0.05, 0) is 71.6 Å². The molecule has 7 nitrogen and oxygen atoms in total. The van der Waals surface area contributed by atoms with Crippen LogP contribution in [0.25, 0.3) is 11.1 Å². The molecule has 3 atom stereocenters. The Kier molecular flexibility index (Phi) is 5.82. The largest absolute Gasteiger partial charge is 0.454 e. The second kappa shape index (κ2) is 9.15. The zero-order chi connectivity index (χ0) is 24.8. The number of amides is 1. The first-order valence-corrected chi connectivity index (χ1v) is 12.5. The van der Waals surface area contributed by atoms with E-state index >= 15 is 0 Å². The van der Waals surface area contributed by atoms with E-state index in [9.17, 15) is 9.90 Å². The number of fused-ring (bicyclic) bond motifs is 4. The Labute approximate surface area is 211 Å². The molecule has 3 aromatic rings. The Balaban J connectivity index is 1.32. The van der Waals surface area contributed by atoms with Crippen LogP contribution in [-0.2, 0) is 6.54 Å². The van der Waals surface area contributed by atoms with Gasteiger partial charge in [0.25, 0.3) is 5.91 Å². The fraction of sp³-hybridized carbons (Fsp3) is 0.345. The molecule has 2 N–H and O–H groups in total. The Bertz CT molecular complexity index is 1290. The van der Waals surface area contributed by atoms with E-state index in [0.717, 1.165) is 47.8 Å². The highest BCUT2D eigenvalue weighted by Gasteiger charge is 2.43. The van der Waals surface area contributed by atoms with Gasteiger partial charge in [-0.15, -0.1) is 0 Å². The lowest BCUT2D eigenvalue weighted by atomic mass is 9.82. The smallest absolute Gasteiger partial charge is 0.253 e. The molecule has 0 radical (unpaired) electrons. The van der Waals surface area contributed by atoms with Gasteiger partial charge in [0.05, 0.1) is 12.6 Å². The molecule has 1 fully saturated rings. The standard InChI is InChI=1S/C29H31N3O4/c1-31(2)29(34)20-6-4-19(5-7-20)21-8-9-24-23(14-21)28-22(25(16-33)30-24)11-12-32(28)15-18-3-10-26-27(13-18)36-17-35-26/h3-10,13-14,22,25,28,30,33H,11-12,15-17H2,1-2H3/t22-,25-,28-/m1/s1. The molecule has 1 amide bonds. The second-order valence-corrected chi connectivity index (χ2v) is 10.1. The lowest BCUT2D eigenvalue weighted by Gasteiger charge is -2.39. The molecule has 3 aliphatic heterocycles. The van der Waals surface area contributed by atoms with Crippen LogP contribution in [0, 0.1) is 5.92 Å². The maximum Gasteiger partial charge on any atom is 0.253 e. The number of aliphatic hydroxyl groups is 1. The Hall–Kier alpha value is -3.55. The molecule has 0 unspecified atom stereocenters. The van der Waals surface area contributed by atoms with E-state index in [0.29, 0.717) is 11.5 Å². The van der Waals surface area contributed by atoms with Crippen LogP contribution < -0.4 is 14.8 Å². The van der Waals surface area contributed by atoms with Crippen molar-refractivity contribution < 1.29 is 19.4 Å². The maximum atomic E-state index is 12.3. The van der Waals surface area contributed by atoms with Crippen molar-refractivity contribution in [3.05, 3.63) is 77.4 Å². The van der Waals surface area contributed by atoms with Gasteiger partial charge < -0.3 is 24.8 Å². The number of aliphatic hydroxyl groups excluding tert-OH is 1. The van der Waals surface area contributed by atoms with Gasteiger partial charge in [-0.1, -0.05) is 24.3 Å². The average Bonchev–Trinajstić information content (AvgIpc) is 3.55. The van der Waals surface area contributed by atoms with Gasteiger partial charge in [-0.25, -0.2) is 0 Å². The number of ether oxygens (including phenoxy) is 2. The third-order valence-corrected chi connectivity index (χ3v) is 7.67. The molecule has 6 rings (SSSR count). The van der Waals surface area contributed by atoms with E-state index in [-0.39, 0.29) is 31.4 Å². The predicted octanol–water partition coefficient (Wildman–Crippen LogP) is 4.13. The minimum absolute atomic E-state index is 0.000747. The van der Waals surface area contributed by atoms with E-state index < -0.39 is 0 Å². The summed E-state index contributed by atoms with van der Waals surface area (Å²) in [5, 5.41) is 13.7. The monoisotopic (exact) mass is 485 g/mol. The normalized spacial score (nSPS) is 22.0. The molecule has 0 saturated carbocycles. The third kappa shape index (κ3) is 3.98. The highest BCUT2D eigenvalue weighted by Crippen LogP contribution is 2.48. The predicted molar refractivity (Wildman–Crippen MR) is 138 cm³/mol. The Morgan fingerprint density at radius 3 is 2.58 bits per heavy atom. The molecular formula is C29H31N3O4. The number of benzene rings is 3. The van der Waals surface area contributed by atoms with Gasteiger partial charge in [0.2, 0.25) is 6.79 Å². The quantitative estimate of drug-likeness (QED) is 0.566. The van der Waals surface area contributed by atoms with Crippen LogP contribution in [0.3, 0.4) is 0 Å². The molecule has 0 aromatic heterocycles. The fourth-order valence-electron chi connectivity index (χ4n) is 5.85. The number of hydrogen-bond acceptors (Lipinski definition) is 6. The summed E-state index contributed by atoms with van der Waals surface area (Å²) in [7, 11) is 3.53. The van der Waals surface area contributed by atoms with E-state index in [2.05, 4.69) is 40.5 Å². The topological polar surface area (TPSA) is 74.3 Å². The summed E-state index contributed by atoms with van der Waals surface area (Å²) in [4.78, 5) is 16.4. The second-order valence-electron chi connectivity index (χ2n) is 10.1. The molecule has 0 bridgehead atoms. The van der Waals surface area contributed by atoms with Crippen molar-refractivity contribution in [2.45, 2.75) is 25.0 Å². The van der Waals surface area contributed by atoms with Crippen LogP contribution in [0.1, 0.15) is 33.9 Å². The van der Waals surface area contributed by atoms with E-state index in [1.807, 2.05) is 30.3 Å². The average molecular weight is 486 g/mol. The maximum absolute atomic E-state index is 12.3.